The van der Waals surface area contributed by atoms with Gasteiger partial charge in [-0.2, -0.15) is 0 Å². The second-order valence-electron chi connectivity index (χ2n) is 5.46. The zero-order chi connectivity index (χ0) is 17.2. The lowest BCUT2D eigenvalue weighted by Gasteiger charge is -1.97. The van der Waals surface area contributed by atoms with Gasteiger partial charge in [0.15, 0.2) is 0 Å². The van der Waals surface area contributed by atoms with Crippen LogP contribution < -0.4 is 0 Å². The van der Waals surface area contributed by atoms with Crippen molar-refractivity contribution in [1.29, 1.82) is 0 Å². The van der Waals surface area contributed by atoms with E-state index in [0.717, 1.165) is 26.3 Å². The third-order valence-corrected chi connectivity index (χ3v) is 5.11. The van der Waals surface area contributed by atoms with Gasteiger partial charge in [0.05, 0.1) is 18.4 Å². The number of nitrogens with zero attached hydrogens (tertiary/aromatic N) is 4. The number of rotatable bonds is 4. The molecule has 124 valence electrons. The quantitative estimate of drug-likeness (QED) is 0.470. The van der Waals surface area contributed by atoms with Gasteiger partial charge in [-0.3, -0.25) is 0 Å². The average Bonchev–Trinajstić information content (AvgIpc) is 3.27. The van der Waals surface area contributed by atoms with Gasteiger partial charge in [-0.05, 0) is 36.4 Å². The summed E-state index contributed by atoms with van der Waals surface area (Å²) in [6.07, 6.45) is 1.84. The third kappa shape index (κ3) is 3.67. The van der Waals surface area contributed by atoms with Crippen molar-refractivity contribution >= 4 is 27.3 Å². The Bertz CT molecular complexity index is 911. The highest BCUT2D eigenvalue weighted by atomic mass is 79.9. The zero-order valence-corrected chi connectivity index (χ0v) is 15.3. The molecule has 0 unspecified atom stereocenters. The molecule has 0 radical (unpaired) electrons. The second kappa shape index (κ2) is 6.85. The highest BCUT2D eigenvalue weighted by Gasteiger charge is 2.08. The molecular weight excluding hydrogens is 403 g/mol. The highest BCUT2D eigenvalue weighted by Crippen LogP contribution is 2.25. The monoisotopic (exact) mass is 414 g/mol. The van der Waals surface area contributed by atoms with E-state index < -0.39 is 0 Å². The van der Waals surface area contributed by atoms with Gasteiger partial charge in [0.1, 0.15) is 16.5 Å². The van der Waals surface area contributed by atoms with E-state index in [1.807, 2.05) is 35.8 Å². The first-order chi connectivity index (χ1) is 12.2. The van der Waals surface area contributed by atoms with Crippen LogP contribution in [0.2, 0.25) is 0 Å². The predicted octanol–water partition coefficient (Wildman–Crippen LogP) is 5.02. The number of hydrogen-bond donors (Lipinski definition) is 0. The van der Waals surface area contributed by atoms with Gasteiger partial charge in [0, 0.05) is 21.0 Å². The Morgan fingerprint density at radius 3 is 2.48 bits per heavy atom. The fraction of sp³-hybridized carbons (Fsp3) is 0.0556. The summed E-state index contributed by atoms with van der Waals surface area (Å²) < 4.78 is 15.8. The van der Waals surface area contributed by atoms with Crippen molar-refractivity contribution < 1.29 is 4.39 Å². The fourth-order valence-corrected chi connectivity index (χ4v) is 3.48. The average molecular weight is 415 g/mol. The molecule has 4 rings (SSSR count). The summed E-state index contributed by atoms with van der Waals surface area (Å²) in [7, 11) is 0. The molecule has 0 aliphatic rings. The van der Waals surface area contributed by atoms with Crippen LogP contribution in [-0.2, 0) is 6.54 Å². The Hall–Kier alpha value is -2.38. The van der Waals surface area contributed by atoms with Crippen LogP contribution in [0.1, 0.15) is 5.69 Å². The van der Waals surface area contributed by atoms with Crippen molar-refractivity contribution in [3.05, 3.63) is 76.1 Å². The minimum atomic E-state index is -0.265. The van der Waals surface area contributed by atoms with Gasteiger partial charge in [-0.25, -0.2) is 14.1 Å². The van der Waals surface area contributed by atoms with Crippen molar-refractivity contribution in [2.75, 3.05) is 0 Å². The zero-order valence-electron chi connectivity index (χ0n) is 12.9. The van der Waals surface area contributed by atoms with Gasteiger partial charge in [-0.1, -0.05) is 33.3 Å². The summed E-state index contributed by atoms with van der Waals surface area (Å²) in [6.45, 7) is 0.543. The van der Waals surface area contributed by atoms with E-state index in [4.69, 9.17) is 0 Å². The van der Waals surface area contributed by atoms with Crippen LogP contribution in [0.25, 0.3) is 21.8 Å². The molecule has 2 aromatic heterocycles. The minimum absolute atomic E-state index is 0.265. The summed E-state index contributed by atoms with van der Waals surface area (Å²) in [5.41, 5.74) is 3.56. The van der Waals surface area contributed by atoms with Crippen LogP contribution in [0, 0.1) is 5.82 Å². The van der Waals surface area contributed by atoms with Gasteiger partial charge >= 0.3 is 0 Å². The van der Waals surface area contributed by atoms with E-state index in [0.29, 0.717) is 12.2 Å². The molecule has 7 heteroatoms. The lowest BCUT2D eigenvalue weighted by molar-refractivity contribution is 0.628. The molecule has 0 fully saturated rings. The molecule has 0 amide bonds. The van der Waals surface area contributed by atoms with Crippen LogP contribution in [0.5, 0.6) is 0 Å². The van der Waals surface area contributed by atoms with Crippen molar-refractivity contribution in [3.8, 4) is 21.8 Å². The molecule has 0 atom stereocenters. The van der Waals surface area contributed by atoms with E-state index >= 15 is 0 Å². The van der Waals surface area contributed by atoms with E-state index in [9.17, 15) is 4.39 Å². The Morgan fingerprint density at radius 2 is 1.72 bits per heavy atom. The topological polar surface area (TPSA) is 43.6 Å². The molecule has 25 heavy (non-hydrogen) atoms. The standard InChI is InChI=1S/C18H12BrFN4S/c19-14-5-1-13(2-6-14)18-21-16(11-25-18)9-24-10-17(22-23-24)12-3-7-15(20)8-4-12/h1-8,10-11H,9H2. The third-order valence-electron chi connectivity index (χ3n) is 3.65. The van der Waals surface area contributed by atoms with Crippen LogP contribution in [0.15, 0.2) is 64.6 Å². The molecular formula is C18H12BrFN4S. The molecule has 0 aliphatic carbocycles. The maximum absolute atomic E-state index is 13.0. The van der Waals surface area contributed by atoms with Gasteiger partial charge < -0.3 is 0 Å². The number of aromatic nitrogens is 4. The van der Waals surface area contributed by atoms with Gasteiger partial charge in [-0.15, -0.1) is 16.4 Å². The number of halogens is 2. The molecule has 0 N–H and O–H groups in total. The van der Waals surface area contributed by atoms with Crippen LogP contribution >= 0.6 is 27.3 Å². The first kappa shape index (κ1) is 16.1. The number of benzene rings is 2. The van der Waals surface area contributed by atoms with Crippen molar-refractivity contribution in [2.24, 2.45) is 0 Å². The Labute approximate surface area is 156 Å². The van der Waals surface area contributed by atoms with Crippen LogP contribution in [0.4, 0.5) is 4.39 Å². The predicted molar refractivity (Wildman–Crippen MR) is 99.8 cm³/mol. The molecule has 0 bridgehead atoms. The van der Waals surface area contributed by atoms with Crippen molar-refractivity contribution in [3.63, 3.8) is 0 Å². The van der Waals surface area contributed by atoms with Crippen LogP contribution in [-0.4, -0.2) is 20.0 Å². The van der Waals surface area contributed by atoms with E-state index in [-0.39, 0.29) is 5.82 Å². The van der Waals surface area contributed by atoms with Crippen molar-refractivity contribution in [2.45, 2.75) is 6.54 Å². The molecule has 0 saturated heterocycles. The Morgan fingerprint density at radius 1 is 1.00 bits per heavy atom. The maximum Gasteiger partial charge on any atom is 0.123 e. The summed E-state index contributed by atoms with van der Waals surface area (Å²) >= 11 is 5.04. The summed E-state index contributed by atoms with van der Waals surface area (Å²) in [5.74, 6) is -0.265. The maximum atomic E-state index is 13.0. The minimum Gasteiger partial charge on any atom is -0.246 e. The molecule has 0 aliphatic heterocycles. The summed E-state index contributed by atoms with van der Waals surface area (Å²) in [6, 6.07) is 14.3. The summed E-state index contributed by atoms with van der Waals surface area (Å²) in [5, 5.41) is 11.3. The number of hydrogen-bond acceptors (Lipinski definition) is 4. The lowest BCUT2D eigenvalue weighted by atomic mass is 10.2. The first-order valence-corrected chi connectivity index (χ1v) is 9.21. The Balaban J connectivity index is 1.51. The molecule has 2 heterocycles. The molecule has 2 aromatic carbocycles. The van der Waals surface area contributed by atoms with Crippen molar-refractivity contribution in [1.82, 2.24) is 20.0 Å². The highest BCUT2D eigenvalue weighted by molar-refractivity contribution is 9.10. The van der Waals surface area contributed by atoms with Gasteiger partial charge in [0.2, 0.25) is 0 Å². The smallest absolute Gasteiger partial charge is 0.123 e. The molecule has 4 nitrogen and oxygen atoms in total. The largest absolute Gasteiger partial charge is 0.246 e. The lowest BCUT2D eigenvalue weighted by Crippen LogP contribution is -2.00. The van der Waals surface area contributed by atoms with Crippen LogP contribution in [0.3, 0.4) is 0 Å². The molecule has 0 saturated carbocycles. The van der Waals surface area contributed by atoms with E-state index in [2.05, 4.69) is 31.2 Å². The van der Waals surface area contributed by atoms with E-state index in [1.165, 1.54) is 12.1 Å². The Kier molecular flexibility index (Phi) is 4.42. The SMILES string of the molecule is Fc1ccc(-c2cn(Cc3csc(-c4ccc(Br)cc4)n3)nn2)cc1. The molecule has 0 spiro atoms. The number of thiazole rings is 1. The van der Waals surface area contributed by atoms with E-state index in [1.54, 1.807) is 28.2 Å². The fourth-order valence-electron chi connectivity index (χ4n) is 2.40. The normalized spacial score (nSPS) is 11.0. The second-order valence-corrected chi connectivity index (χ2v) is 7.23. The van der Waals surface area contributed by atoms with Gasteiger partial charge in [0.25, 0.3) is 0 Å². The molecule has 4 aromatic rings. The first-order valence-electron chi connectivity index (χ1n) is 7.54. The summed E-state index contributed by atoms with van der Waals surface area (Å²) in [4.78, 5) is 4.66.